The van der Waals surface area contributed by atoms with Crippen LogP contribution in [0, 0.1) is 11.3 Å². The van der Waals surface area contributed by atoms with E-state index in [0.29, 0.717) is 6.54 Å². The third-order valence-corrected chi connectivity index (χ3v) is 4.79. The zero-order chi connectivity index (χ0) is 10.2. The highest BCUT2D eigenvalue weighted by Gasteiger charge is 2.53. The van der Waals surface area contributed by atoms with Gasteiger partial charge in [0.15, 0.2) is 0 Å². The minimum Gasteiger partial charge on any atom is -0.389 e. The van der Waals surface area contributed by atoms with Gasteiger partial charge >= 0.3 is 0 Å². The number of nitrogens with two attached hydrogens (primary N) is 1. The Labute approximate surface area is 86.9 Å². The monoisotopic (exact) mass is 197 g/mol. The number of rotatable bonds is 2. The van der Waals surface area contributed by atoms with Crippen molar-refractivity contribution in [3.8, 4) is 0 Å². The molecule has 2 heteroatoms. The Bertz CT molecular complexity index is 202. The van der Waals surface area contributed by atoms with Crippen LogP contribution in [0.25, 0.3) is 0 Å². The second kappa shape index (κ2) is 3.49. The lowest BCUT2D eigenvalue weighted by atomic mass is 9.55. The lowest BCUT2D eigenvalue weighted by Gasteiger charge is -2.55. The van der Waals surface area contributed by atoms with Gasteiger partial charge in [-0.05, 0) is 38.0 Å². The van der Waals surface area contributed by atoms with Crippen molar-refractivity contribution in [3.05, 3.63) is 0 Å². The van der Waals surface area contributed by atoms with Crippen molar-refractivity contribution in [3.63, 3.8) is 0 Å². The molecule has 0 heterocycles. The highest BCUT2D eigenvalue weighted by atomic mass is 16.3. The van der Waals surface area contributed by atoms with Gasteiger partial charge in [-0.25, -0.2) is 0 Å². The first-order chi connectivity index (χ1) is 6.62. The second-order valence-electron chi connectivity index (χ2n) is 5.55. The van der Waals surface area contributed by atoms with Crippen LogP contribution in [0.5, 0.6) is 0 Å². The van der Waals surface area contributed by atoms with Gasteiger partial charge < -0.3 is 10.8 Å². The first-order valence-corrected chi connectivity index (χ1v) is 6.04. The summed E-state index contributed by atoms with van der Waals surface area (Å²) in [5.41, 5.74) is 5.59. The van der Waals surface area contributed by atoms with Crippen molar-refractivity contribution in [1.29, 1.82) is 0 Å². The molecule has 82 valence electrons. The van der Waals surface area contributed by atoms with E-state index in [4.69, 9.17) is 5.73 Å². The Hall–Kier alpha value is -0.0800. The van der Waals surface area contributed by atoms with E-state index in [1.54, 1.807) is 0 Å². The summed E-state index contributed by atoms with van der Waals surface area (Å²) in [5, 5.41) is 10.5. The maximum Gasteiger partial charge on any atom is 0.0715 e. The number of aliphatic hydroxyl groups is 1. The molecule has 2 nitrogen and oxygen atoms in total. The maximum absolute atomic E-state index is 10.5. The molecule has 0 saturated heterocycles. The lowest BCUT2D eigenvalue weighted by Crippen LogP contribution is -2.58. The van der Waals surface area contributed by atoms with Crippen LogP contribution in [0.15, 0.2) is 0 Å². The first-order valence-electron chi connectivity index (χ1n) is 6.04. The topological polar surface area (TPSA) is 46.2 Å². The molecule has 0 unspecified atom stereocenters. The van der Waals surface area contributed by atoms with Crippen LogP contribution >= 0.6 is 0 Å². The van der Waals surface area contributed by atoms with Gasteiger partial charge in [0, 0.05) is 12.0 Å². The number of hydrogen-bond donors (Lipinski definition) is 2. The molecule has 2 saturated carbocycles. The molecule has 2 aliphatic rings. The Morgan fingerprint density at radius 2 is 1.79 bits per heavy atom. The molecular formula is C12H23NO. The number of hydrogen-bond acceptors (Lipinski definition) is 2. The van der Waals surface area contributed by atoms with Gasteiger partial charge in [-0.15, -0.1) is 0 Å². The zero-order valence-electron chi connectivity index (χ0n) is 9.26. The van der Waals surface area contributed by atoms with E-state index in [9.17, 15) is 5.11 Å². The predicted octanol–water partition coefficient (Wildman–Crippen LogP) is 2.06. The highest BCUT2D eigenvalue weighted by molar-refractivity contribution is 5.05. The van der Waals surface area contributed by atoms with Gasteiger partial charge in [-0.2, -0.15) is 0 Å². The standard InChI is InChI=1S/C12H23NO/c1-10-3-7-11(9-13,8-4-10)12(14)5-2-6-12/h10,14H,2-9,13H2,1H3. The van der Waals surface area contributed by atoms with Gasteiger partial charge in [-0.3, -0.25) is 0 Å². The summed E-state index contributed by atoms with van der Waals surface area (Å²) < 4.78 is 0. The molecule has 0 atom stereocenters. The van der Waals surface area contributed by atoms with E-state index < -0.39 is 5.60 Å². The molecule has 2 fully saturated rings. The van der Waals surface area contributed by atoms with Gasteiger partial charge in [0.05, 0.1) is 5.60 Å². The molecule has 3 N–H and O–H groups in total. The minimum absolute atomic E-state index is 0.0672. The van der Waals surface area contributed by atoms with Crippen molar-refractivity contribution in [2.24, 2.45) is 17.1 Å². The zero-order valence-corrected chi connectivity index (χ0v) is 9.26. The van der Waals surface area contributed by atoms with Gasteiger partial charge in [0.25, 0.3) is 0 Å². The third-order valence-electron chi connectivity index (χ3n) is 4.79. The van der Waals surface area contributed by atoms with Crippen molar-refractivity contribution in [1.82, 2.24) is 0 Å². The predicted molar refractivity (Wildman–Crippen MR) is 57.9 cm³/mol. The lowest BCUT2D eigenvalue weighted by molar-refractivity contribution is -0.153. The van der Waals surface area contributed by atoms with E-state index >= 15 is 0 Å². The minimum atomic E-state index is -0.401. The molecule has 0 bridgehead atoms. The Morgan fingerprint density at radius 1 is 1.21 bits per heavy atom. The molecule has 0 spiro atoms. The van der Waals surface area contributed by atoms with Crippen LogP contribution in [0.4, 0.5) is 0 Å². The SMILES string of the molecule is CC1CCC(CN)(C2(O)CCC2)CC1. The van der Waals surface area contributed by atoms with Crippen LogP contribution < -0.4 is 5.73 Å². The largest absolute Gasteiger partial charge is 0.389 e. The van der Waals surface area contributed by atoms with E-state index in [1.165, 1.54) is 19.3 Å². The smallest absolute Gasteiger partial charge is 0.0715 e. The van der Waals surface area contributed by atoms with Crippen LogP contribution in [-0.2, 0) is 0 Å². The Kier molecular flexibility index (Phi) is 2.61. The Morgan fingerprint density at radius 3 is 2.14 bits per heavy atom. The molecule has 0 radical (unpaired) electrons. The quantitative estimate of drug-likeness (QED) is 0.711. The average molecular weight is 197 g/mol. The summed E-state index contributed by atoms with van der Waals surface area (Å²) in [6.45, 7) is 2.99. The highest BCUT2D eigenvalue weighted by Crippen LogP contribution is 2.53. The van der Waals surface area contributed by atoms with Crippen molar-refractivity contribution in [2.75, 3.05) is 6.54 Å². The molecule has 0 aromatic carbocycles. The summed E-state index contributed by atoms with van der Waals surface area (Å²) in [4.78, 5) is 0. The summed E-state index contributed by atoms with van der Waals surface area (Å²) in [6.07, 6.45) is 7.94. The fourth-order valence-electron chi connectivity index (χ4n) is 3.22. The summed E-state index contributed by atoms with van der Waals surface area (Å²) in [7, 11) is 0. The van der Waals surface area contributed by atoms with Crippen LogP contribution in [-0.4, -0.2) is 17.3 Å². The van der Waals surface area contributed by atoms with Crippen LogP contribution in [0.1, 0.15) is 51.9 Å². The fraction of sp³-hybridized carbons (Fsp3) is 1.00. The third kappa shape index (κ3) is 1.40. The summed E-state index contributed by atoms with van der Waals surface area (Å²) >= 11 is 0. The van der Waals surface area contributed by atoms with Crippen LogP contribution in [0.3, 0.4) is 0 Å². The molecule has 14 heavy (non-hydrogen) atoms. The molecule has 0 aliphatic heterocycles. The summed E-state index contributed by atoms with van der Waals surface area (Å²) in [6, 6.07) is 0. The van der Waals surface area contributed by atoms with E-state index in [0.717, 1.165) is 31.6 Å². The van der Waals surface area contributed by atoms with E-state index in [-0.39, 0.29) is 5.41 Å². The average Bonchev–Trinajstić information content (AvgIpc) is 2.16. The molecular weight excluding hydrogens is 174 g/mol. The normalized spacial score (nSPS) is 41.8. The van der Waals surface area contributed by atoms with Gasteiger partial charge in [-0.1, -0.05) is 19.8 Å². The molecule has 0 aromatic rings. The fourth-order valence-corrected chi connectivity index (χ4v) is 3.22. The van der Waals surface area contributed by atoms with Crippen molar-refractivity contribution in [2.45, 2.75) is 57.5 Å². The maximum atomic E-state index is 10.5. The van der Waals surface area contributed by atoms with Crippen molar-refractivity contribution < 1.29 is 5.11 Å². The van der Waals surface area contributed by atoms with Gasteiger partial charge in [0.2, 0.25) is 0 Å². The van der Waals surface area contributed by atoms with E-state index in [1.807, 2.05) is 0 Å². The Balaban J connectivity index is 2.09. The van der Waals surface area contributed by atoms with Crippen LogP contribution in [0.2, 0.25) is 0 Å². The first kappa shape index (κ1) is 10.4. The summed E-state index contributed by atoms with van der Waals surface area (Å²) in [5.74, 6) is 0.832. The van der Waals surface area contributed by atoms with Crippen molar-refractivity contribution >= 4 is 0 Å². The molecule has 0 amide bonds. The molecule has 0 aromatic heterocycles. The van der Waals surface area contributed by atoms with Gasteiger partial charge in [0.1, 0.15) is 0 Å². The second-order valence-corrected chi connectivity index (χ2v) is 5.55. The molecule has 2 rings (SSSR count). The molecule has 2 aliphatic carbocycles. The van der Waals surface area contributed by atoms with E-state index in [2.05, 4.69) is 6.92 Å².